The quantitative estimate of drug-likeness (QED) is 0.215. The molecule has 2 heterocycles. The molecule has 4 aromatic rings. The molecule has 1 aromatic heterocycles. The van der Waals surface area contributed by atoms with E-state index in [4.69, 9.17) is 4.99 Å². The second kappa shape index (κ2) is 9.31. The van der Waals surface area contributed by atoms with Gasteiger partial charge in [-0.15, -0.1) is 0 Å². The van der Waals surface area contributed by atoms with Crippen molar-refractivity contribution in [2.75, 3.05) is 26.2 Å². The molecule has 0 radical (unpaired) electrons. The van der Waals surface area contributed by atoms with Crippen LogP contribution in [-0.2, 0) is 4.79 Å². The number of carbonyl (C=O) groups is 2. The summed E-state index contributed by atoms with van der Waals surface area (Å²) in [6.45, 7) is 1.80. The summed E-state index contributed by atoms with van der Waals surface area (Å²) in [5.41, 5.74) is 2.38. The molecule has 170 valence electrons. The Labute approximate surface area is 196 Å². The summed E-state index contributed by atoms with van der Waals surface area (Å²) in [6, 6.07) is 24.2. The number of nitrogens with one attached hydrogen (secondary N) is 1. The van der Waals surface area contributed by atoms with Crippen LogP contribution in [0.5, 0.6) is 0 Å². The van der Waals surface area contributed by atoms with E-state index in [0.717, 1.165) is 17.1 Å². The highest BCUT2D eigenvalue weighted by atomic mass is 19.1. The van der Waals surface area contributed by atoms with Crippen molar-refractivity contribution >= 4 is 34.1 Å². The van der Waals surface area contributed by atoms with Crippen molar-refractivity contribution in [2.24, 2.45) is 4.99 Å². The van der Waals surface area contributed by atoms with Crippen molar-refractivity contribution in [3.63, 3.8) is 0 Å². The summed E-state index contributed by atoms with van der Waals surface area (Å²) >= 11 is 0. The number of amides is 1. The van der Waals surface area contributed by atoms with Crippen molar-refractivity contribution in [3.8, 4) is 0 Å². The number of carbonyl (C=O) groups excluding carboxylic acids is 2. The lowest BCUT2D eigenvalue weighted by molar-refractivity contribution is -0.127. The molecule has 0 aliphatic carbocycles. The van der Waals surface area contributed by atoms with Gasteiger partial charge in [-0.25, -0.2) is 9.38 Å². The summed E-state index contributed by atoms with van der Waals surface area (Å²) in [4.78, 5) is 37.3. The number of halogens is 1. The van der Waals surface area contributed by atoms with Crippen molar-refractivity contribution in [1.82, 2.24) is 14.8 Å². The zero-order valence-electron chi connectivity index (χ0n) is 18.4. The molecule has 1 N–H and O–H groups in total. The lowest BCUT2D eigenvalue weighted by Gasteiger charge is -2.36. The molecule has 34 heavy (non-hydrogen) atoms. The fourth-order valence-corrected chi connectivity index (χ4v) is 4.23. The predicted octanol–water partition coefficient (Wildman–Crippen LogP) is 4.41. The molecule has 0 unspecified atom stereocenters. The van der Waals surface area contributed by atoms with Crippen LogP contribution < -0.4 is 0 Å². The first-order valence-corrected chi connectivity index (χ1v) is 11.1. The third-order valence-corrected chi connectivity index (χ3v) is 5.98. The number of amidine groups is 1. The second-order valence-electron chi connectivity index (χ2n) is 8.11. The zero-order chi connectivity index (χ0) is 23.5. The van der Waals surface area contributed by atoms with Crippen molar-refractivity contribution in [1.29, 1.82) is 0 Å². The molecule has 3 aromatic carbocycles. The van der Waals surface area contributed by atoms with E-state index in [9.17, 15) is 14.0 Å². The Morgan fingerprint density at radius 1 is 0.794 bits per heavy atom. The van der Waals surface area contributed by atoms with E-state index in [1.807, 2.05) is 60.7 Å². The van der Waals surface area contributed by atoms with Gasteiger partial charge in [0.1, 0.15) is 11.7 Å². The minimum absolute atomic E-state index is 0.0659. The van der Waals surface area contributed by atoms with Crippen LogP contribution in [-0.4, -0.2) is 58.5 Å². The highest BCUT2D eigenvalue weighted by Crippen LogP contribution is 2.23. The van der Waals surface area contributed by atoms with Crippen molar-refractivity contribution in [2.45, 2.75) is 0 Å². The first-order valence-electron chi connectivity index (χ1n) is 11.1. The van der Waals surface area contributed by atoms with Crippen LogP contribution in [0.2, 0.25) is 0 Å². The van der Waals surface area contributed by atoms with Gasteiger partial charge < -0.3 is 14.8 Å². The Bertz CT molecular complexity index is 1360. The first kappa shape index (κ1) is 21.6. The standard InChI is InChI=1S/C27H23FN4O2/c28-22-12-7-13-23-24(22)21(18-29-23)25(33)27(34)32-16-14-31(15-17-32)26(19-8-3-1-4-9-19)30-20-10-5-2-6-11-20/h1-13,18,29H,14-17H2/b30-26-. The molecule has 1 amide bonds. The number of para-hydroxylation sites is 1. The Balaban J connectivity index is 1.34. The molecular weight excluding hydrogens is 431 g/mol. The highest BCUT2D eigenvalue weighted by Gasteiger charge is 2.30. The van der Waals surface area contributed by atoms with Gasteiger partial charge in [0, 0.05) is 48.8 Å². The molecule has 0 spiro atoms. The fourth-order valence-electron chi connectivity index (χ4n) is 4.23. The van der Waals surface area contributed by atoms with Gasteiger partial charge in [0.25, 0.3) is 11.7 Å². The maximum atomic E-state index is 14.3. The van der Waals surface area contributed by atoms with Crippen LogP contribution in [0.25, 0.3) is 10.9 Å². The van der Waals surface area contributed by atoms with Crippen molar-refractivity contribution in [3.05, 3.63) is 102 Å². The summed E-state index contributed by atoms with van der Waals surface area (Å²) in [7, 11) is 0. The van der Waals surface area contributed by atoms with E-state index in [1.165, 1.54) is 17.2 Å². The Morgan fingerprint density at radius 2 is 1.44 bits per heavy atom. The number of hydrogen-bond donors (Lipinski definition) is 1. The topological polar surface area (TPSA) is 68.8 Å². The highest BCUT2D eigenvalue weighted by molar-refractivity contribution is 6.44. The van der Waals surface area contributed by atoms with Gasteiger partial charge in [-0.2, -0.15) is 0 Å². The largest absolute Gasteiger partial charge is 0.360 e. The summed E-state index contributed by atoms with van der Waals surface area (Å²) in [5.74, 6) is -1.02. The predicted molar refractivity (Wildman–Crippen MR) is 130 cm³/mol. The number of piperazine rings is 1. The third kappa shape index (κ3) is 4.20. The number of ketones is 1. The average molecular weight is 455 g/mol. The van der Waals surface area contributed by atoms with E-state index >= 15 is 0 Å². The van der Waals surface area contributed by atoms with Crippen LogP contribution in [0.1, 0.15) is 15.9 Å². The number of hydrogen-bond acceptors (Lipinski definition) is 3. The third-order valence-electron chi connectivity index (χ3n) is 5.98. The molecule has 0 atom stereocenters. The summed E-state index contributed by atoms with van der Waals surface area (Å²) in [6.07, 6.45) is 1.41. The Kier molecular flexibility index (Phi) is 5.91. The molecule has 1 aliphatic rings. The molecule has 1 saturated heterocycles. The van der Waals surface area contributed by atoms with Crippen LogP contribution in [0.15, 0.2) is 90.1 Å². The molecule has 1 fully saturated rings. The maximum absolute atomic E-state index is 14.3. The number of aromatic nitrogens is 1. The van der Waals surface area contributed by atoms with Crippen LogP contribution in [0, 0.1) is 5.82 Å². The van der Waals surface area contributed by atoms with Gasteiger partial charge in [-0.3, -0.25) is 9.59 Å². The molecule has 5 rings (SSSR count). The van der Waals surface area contributed by atoms with Crippen molar-refractivity contribution < 1.29 is 14.0 Å². The molecule has 0 bridgehead atoms. The second-order valence-corrected chi connectivity index (χ2v) is 8.11. The minimum atomic E-state index is -0.703. The Morgan fingerprint density at radius 3 is 2.15 bits per heavy atom. The van der Waals surface area contributed by atoms with E-state index in [-0.39, 0.29) is 10.9 Å². The first-order chi connectivity index (χ1) is 16.6. The van der Waals surface area contributed by atoms with Gasteiger partial charge >= 0.3 is 0 Å². The monoisotopic (exact) mass is 454 g/mol. The fraction of sp³-hybridized carbons (Fsp3) is 0.148. The lowest BCUT2D eigenvalue weighted by atomic mass is 10.1. The van der Waals surface area contributed by atoms with Gasteiger partial charge in [0.15, 0.2) is 0 Å². The van der Waals surface area contributed by atoms with Crippen LogP contribution >= 0.6 is 0 Å². The number of aromatic amines is 1. The van der Waals surface area contributed by atoms with E-state index < -0.39 is 17.5 Å². The number of H-pyrrole nitrogens is 1. The number of rotatable bonds is 4. The van der Waals surface area contributed by atoms with Crippen LogP contribution in [0.4, 0.5) is 10.1 Å². The minimum Gasteiger partial charge on any atom is -0.360 e. The molecular formula is C27H23FN4O2. The zero-order valence-corrected chi connectivity index (χ0v) is 18.4. The molecule has 1 aliphatic heterocycles. The van der Waals surface area contributed by atoms with E-state index in [1.54, 1.807) is 12.1 Å². The SMILES string of the molecule is O=C(C(=O)N1CCN(/C(=N\c2ccccc2)c2ccccc2)CC1)c1c[nH]c2cccc(F)c12. The maximum Gasteiger partial charge on any atom is 0.295 e. The van der Waals surface area contributed by atoms with Gasteiger partial charge in [-0.1, -0.05) is 54.6 Å². The van der Waals surface area contributed by atoms with Gasteiger partial charge in [0.2, 0.25) is 0 Å². The number of Topliss-reactive ketones (excluding diaryl/α,β-unsaturated/α-hetero) is 1. The summed E-state index contributed by atoms with van der Waals surface area (Å²) in [5, 5.41) is 0.154. The van der Waals surface area contributed by atoms with Crippen LogP contribution in [0.3, 0.4) is 0 Å². The summed E-state index contributed by atoms with van der Waals surface area (Å²) < 4.78 is 14.3. The van der Waals surface area contributed by atoms with Gasteiger partial charge in [-0.05, 0) is 24.3 Å². The average Bonchev–Trinajstić information content (AvgIpc) is 3.33. The number of nitrogens with zero attached hydrogens (tertiary/aromatic N) is 3. The van der Waals surface area contributed by atoms with Gasteiger partial charge in [0.05, 0.1) is 11.3 Å². The molecule has 6 nitrogen and oxygen atoms in total. The molecule has 7 heteroatoms. The Hall–Kier alpha value is -4.26. The molecule has 0 saturated carbocycles. The number of benzene rings is 3. The van der Waals surface area contributed by atoms with E-state index in [2.05, 4.69) is 9.88 Å². The number of fused-ring (bicyclic) bond motifs is 1. The normalized spacial score (nSPS) is 14.4. The van der Waals surface area contributed by atoms with E-state index in [0.29, 0.717) is 31.7 Å². The smallest absolute Gasteiger partial charge is 0.295 e. The number of aliphatic imine (C=N–C) groups is 1. The lowest BCUT2D eigenvalue weighted by Crippen LogP contribution is -2.52.